The predicted molar refractivity (Wildman–Crippen MR) is 133 cm³/mol. The molecule has 0 fully saturated rings. The molecule has 2 aromatic rings. The average molecular weight is 475 g/mol. The molecule has 0 saturated carbocycles. The van der Waals surface area contributed by atoms with E-state index in [4.69, 9.17) is 14.5 Å². The van der Waals surface area contributed by atoms with Crippen molar-refractivity contribution in [1.29, 1.82) is 0 Å². The van der Waals surface area contributed by atoms with Crippen molar-refractivity contribution >= 4 is 23.3 Å². The van der Waals surface area contributed by atoms with Crippen molar-refractivity contribution in [1.82, 2.24) is 9.88 Å². The van der Waals surface area contributed by atoms with Crippen LogP contribution in [0.1, 0.15) is 71.5 Å². The van der Waals surface area contributed by atoms with Crippen molar-refractivity contribution in [2.45, 2.75) is 72.8 Å². The first kappa shape index (κ1) is 27.0. The molecule has 6 nitrogen and oxygen atoms in total. The highest BCUT2D eigenvalue weighted by atomic mass is 32.1. The minimum atomic E-state index is -0.369. The van der Waals surface area contributed by atoms with Gasteiger partial charge in [-0.25, -0.2) is 4.98 Å². The molecule has 182 valence electrons. The zero-order valence-corrected chi connectivity index (χ0v) is 22.1. The molecule has 0 aliphatic carbocycles. The van der Waals surface area contributed by atoms with E-state index in [1.165, 1.54) is 22.5 Å². The molecule has 1 aromatic heterocycles. The zero-order valence-electron chi connectivity index (χ0n) is 21.3. The van der Waals surface area contributed by atoms with Crippen molar-refractivity contribution in [2.24, 2.45) is 0 Å². The maximum Gasteiger partial charge on any atom is 0.320 e. The Morgan fingerprint density at radius 1 is 0.879 bits per heavy atom. The van der Waals surface area contributed by atoms with Crippen molar-refractivity contribution in [3.8, 4) is 11.3 Å². The van der Waals surface area contributed by atoms with Crippen LogP contribution in [0.25, 0.3) is 11.3 Å². The Kier molecular flexibility index (Phi) is 9.20. The number of benzene rings is 1. The number of thiazole rings is 1. The largest absolute Gasteiger partial charge is 0.465 e. The summed E-state index contributed by atoms with van der Waals surface area (Å²) in [6.45, 7) is 17.8. The van der Waals surface area contributed by atoms with Gasteiger partial charge in [-0.2, -0.15) is 0 Å². The smallest absolute Gasteiger partial charge is 0.320 e. The Labute approximate surface area is 202 Å². The van der Waals surface area contributed by atoms with Crippen LogP contribution >= 0.6 is 11.3 Å². The topological polar surface area (TPSA) is 68.7 Å². The number of nitrogens with zero attached hydrogens (tertiary/aromatic N) is 2. The molecule has 1 aromatic carbocycles. The first-order valence-electron chi connectivity index (χ1n) is 11.5. The molecule has 0 atom stereocenters. The lowest BCUT2D eigenvalue weighted by atomic mass is 9.79. The molecule has 0 N–H and O–H groups in total. The number of aromatic nitrogens is 1. The fraction of sp³-hybridized carbons (Fsp3) is 0.577. The highest BCUT2D eigenvalue weighted by molar-refractivity contribution is 7.09. The summed E-state index contributed by atoms with van der Waals surface area (Å²) >= 11 is 1.52. The van der Waals surface area contributed by atoms with Gasteiger partial charge in [0.25, 0.3) is 0 Å². The second-order valence-electron chi connectivity index (χ2n) is 10.2. The van der Waals surface area contributed by atoms with E-state index in [1.54, 1.807) is 18.7 Å². The minimum absolute atomic E-state index is 0.00918. The van der Waals surface area contributed by atoms with E-state index in [0.29, 0.717) is 19.8 Å². The van der Waals surface area contributed by atoms with Crippen LogP contribution in [0.2, 0.25) is 0 Å². The number of esters is 2. The molecule has 0 bridgehead atoms. The summed E-state index contributed by atoms with van der Waals surface area (Å²) < 4.78 is 10.1. The summed E-state index contributed by atoms with van der Waals surface area (Å²) in [7, 11) is 0. The zero-order chi connectivity index (χ0) is 24.8. The van der Waals surface area contributed by atoms with Gasteiger partial charge < -0.3 is 9.47 Å². The Morgan fingerprint density at radius 2 is 1.36 bits per heavy atom. The van der Waals surface area contributed by atoms with Crippen LogP contribution in [0.4, 0.5) is 0 Å². The lowest BCUT2D eigenvalue weighted by Gasteiger charge is -2.26. The van der Waals surface area contributed by atoms with Crippen molar-refractivity contribution in [2.75, 3.05) is 26.3 Å². The van der Waals surface area contributed by atoms with Gasteiger partial charge in [0.1, 0.15) is 5.01 Å². The monoisotopic (exact) mass is 474 g/mol. The van der Waals surface area contributed by atoms with Gasteiger partial charge in [-0.15, -0.1) is 11.3 Å². The third-order valence-corrected chi connectivity index (χ3v) is 6.02. The van der Waals surface area contributed by atoms with E-state index < -0.39 is 0 Å². The number of carbonyl (C=O) groups is 2. The van der Waals surface area contributed by atoms with Crippen LogP contribution in [-0.2, 0) is 36.4 Å². The molecular formula is C26H38N2O4S. The third-order valence-electron chi connectivity index (χ3n) is 5.19. The van der Waals surface area contributed by atoms with Gasteiger partial charge in [0.2, 0.25) is 0 Å². The van der Waals surface area contributed by atoms with Gasteiger partial charge in [-0.05, 0) is 47.9 Å². The highest BCUT2D eigenvalue weighted by Gasteiger charge is 2.22. The van der Waals surface area contributed by atoms with E-state index in [0.717, 1.165) is 16.3 Å². The standard InChI is InChI=1S/C26H38N2O4S/c1-9-31-23(29)15-28(16-24(30)32-10-2)14-22-27-21(17-33-22)18-11-19(25(3,4)5)13-20(12-18)26(6,7)8/h11-13,17H,9-10,14-16H2,1-8H3. The Morgan fingerprint density at radius 3 is 1.79 bits per heavy atom. The number of carbonyl (C=O) groups excluding carboxylic acids is 2. The highest BCUT2D eigenvalue weighted by Crippen LogP contribution is 2.34. The molecule has 0 spiro atoms. The Bertz CT molecular complexity index is 902. The average Bonchev–Trinajstić information content (AvgIpc) is 3.15. The van der Waals surface area contributed by atoms with E-state index in [-0.39, 0.29) is 35.9 Å². The third kappa shape index (κ3) is 8.23. The maximum atomic E-state index is 12.0. The summed E-state index contributed by atoms with van der Waals surface area (Å²) in [6.07, 6.45) is 0. The first-order valence-corrected chi connectivity index (χ1v) is 12.4. The molecule has 0 saturated heterocycles. The molecule has 0 amide bonds. The summed E-state index contributed by atoms with van der Waals surface area (Å²) in [5.41, 5.74) is 4.56. The second kappa shape index (κ2) is 11.3. The van der Waals surface area contributed by atoms with E-state index in [2.05, 4.69) is 59.7 Å². The summed E-state index contributed by atoms with van der Waals surface area (Å²) in [4.78, 5) is 30.6. The predicted octanol–water partition coefficient (Wildman–Crippen LogP) is 5.33. The lowest BCUT2D eigenvalue weighted by Crippen LogP contribution is -2.35. The van der Waals surface area contributed by atoms with Crippen LogP contribution in [0, 0.1) is 0 Å². The summed E-state index contributed by atoms with van der Waals surface area (Å²) in [5.74, 6) is -0.738. The van der Waals surface area contributed by atoms with Crippen molar-refractivity contribution < 1.29 is 19.1 Å². The van der Waals surface area contributed by atoms with E-state index in [1.807, 2.05) is 5.38 Å². The van der Waals surface area contributed by atoms with Crippen LogP contribution in [-0.4, -0.2) is 48.1 Å². The lowest BCUT2D eigenvalue weighted by molar-refractivity contribution is -0.148. The Hall–Kier alpha value is -2.25. The second-order valence-corrected chi connectivity index (χ2v) is 11.1. The Balaban J connectivity index is 2.32. The van der Waals surface area contributed by atoms with Gasteiger partial charge in [0, 0.05) is 10.9 Å². The van der Waals surface area contributed by atoms with Crippen molar-refractivity contribution in [3.63, 3.8) is 0 Å². The fourth-order valence-electron chi connectivity index (χ4n) is 3.30. The molecule has 0 unspecified atom stereocenters. The molecule has 0 aliphatic heterocycles. The summed E-state index contributed by atoms with van der Waals surface area (Å²) in [5, 5.41) is 2.87. The SMILES string of the molecule is CCOC(=O)CN(CC(=O)OCC)Cc1nc(-c2cc(C(C)(C)C)cc(C(C)(C)C)c2)cs1. The molecule has 0 radical (unpaired) electrons. The molecule has 1 heterocycles. The summed E-state index contributed by atoms with van der Waals surface area (Å²) in [6, 6.07) is 6.71. The number of rotatable bonds is 9. The van der Waals surface area contributed by atoms with E-state index >= 15 is 0 Å². The van der Waals surface area contributed by atoms with Crippen LogP contribution in [0.5, 0.6) is 0 Å². The number of hydrogen-bond acceptors (Lipinski definition) is 7. The molecule has 0 aliphatic rings. The molecule has 2 rings (SSSR count). The maximum absolute atomic E-state index is 12.0. The minimum Gasteiger partial charge on any atom is -0.465 e. The van der Waals surface area contributed by atoms with Crippen molar-refractivity contribution in [3.05, 3.63) is 39.7 Å². The number of hydrogen-bond donors (Lipinski definition) is 0. The fourth-order valence-corrected chi connectivity index (χ4v) is 4.14. The molecule has 7 heteroatoms. The number of ether oxygens (including phenoxy) is 2. The quantitative estimate of drug-likeness (QED) is 0.457. The van der Waals surface area contributed by atoms with Gasteiger partial charge in [-0.3, -0.25) is 14.5 Å². The first-order chi connectivity index (χ1) is 15.3. The van der Waals surface area contributed by atoms with Gasteiger partial charge >= 0.3 is 11.9 Å². The van der Waals surface area contributed by atoms with Gasteiger partial charge in [-0.1, -0.05) is 47.6 Å². The van der Waals surface area contributed by atoms with Crippen LogP contribution < -0.4 is 0 Å². The van der Waals surface area contributed by atoms with Gasteiger partial charge in [0.15, 0.2) is 0 Å². The normalized spacial score (nSPS) is 12.2. The molecular weight excluding hydrogens is 436 g/mol. The van der Waals surface area contributed by atoms with Gasteiger partial charge in [0.05, 0.1) is 38.5 Å². The van der Waals surface area contributed by atoms with E-state index in [9.17, 15) is 9.59 Å². The van der Waals surface area contributed by atoms with Crippen LogP contribution in [0.3, 0.4) is 0 Å². The van der Waals surface area contributed by atoms with Crippen LogP contribution in [0.15, 0.2) is 23.6 Å². The molecule has 33 heavy (non-hydrogen) atoms.